The molecule has 2 rings (SSSR count). The quantitative estimate of drug-likeness (QED) is 0.811. The first kappa shape index (κ1) is 16.6. The molecule has 2 N–H and O–H groups in total. The maximum Gasteiger partial charge on any atom is 0.0991 e. The molecule has 0 amide bonds. The van der Waals surface area contributed by atoms with Crippen molar-refractivity contribution in [3.8, 4) is 0 Å². The largest absolute Gasteiger partial charge is 0.307 e. The van der Waals surface area contributed by atoms with Gasteiger partial charge in [-0.15, -0.1) is 11.3 Å². The Morgan fingerprint density at radius 3 is 2.25 bits per heavy atom. The number of rotatable bonds is 3. The van der Waals surface area contributed by atoms with Gasteiger partial charge < -0.3 is 10.6 Å². The summed E-state index contributed by atoms with van der Waals surface area (Å²) in [6.07, 6.45) is 2.21. The Morgan fingerprint density at radius 1 is 1.25 bits per heavy atom. The molecular weight excluding hydrogens is 311 g/mol. The Morgan fingerprint density at radius 2 is 1.80 bits per heavy atom. The minimum Gasteiger partial charge on any atom is -0.307 e. The van der Waals surface area contributed by atoms with Gasteiger partial charge in [-0.25, -0.2) is 0 Å². The van der Waals surface area contributed by atoms with Gasteiger partial charge in [0.25, 0.3) is 0 Å². The Kier molecular flexibility index (Phi) is 4.78. The lowest BCUT2D eigenvalue weighted by molar-refractivity contribution is 0.141. The van der Waals surface area contributed by atoms with Crippen molar-refractivity contribution in [2.45, 2.75) is 70.6 Å². The molecule has 2 heterocycles. The van der Waals surface area contributed by atoms with Crippen LogP contribution in [-0.2, 0) is 0 Å². The Bertz CT molecular complexity index is 466. The third-order valence-corrected chi connectivity index (χ3v) is 5.34. The highest BCUT2D eigenvalue weighted by Gasteiger charge is 2.38. The normalized spacial score (nSPS) is 23.8. The number of thiophene rings is 1. The third kappa shape index (κ3) is 4.11. The lowest BCUT2D eigenvalue weighted by Gasteiger charge is -2.47. The van der Waals surface area contributed by atoms with E-state index < -0.39 is 0 Å². The first-order valence-electron chi connectivity index (χ1n) is 7.08. The monoisotopic (exact) mass is 334 g/mol. The first-order valence-corrected chi connectivity index (χ1v) is 8.65. The van der Waals surface area contributed by atoms with Gasteiger partial charge in [-0.05, 0) is 59.1 Å². The second-order valence-corrected chi connectivity index (χ2v) is 9.45. The van der Waals surface area contributed by atoms with Gasteiger partial charge in [0.05, 0.1) is 8.67 Å². The van der Waals surface area contributed by atoms with Crippen LogP contribution in [0.2, 0.25) is 8.67 Å². The predicted molar refractivity (Wildman–Crippen MR) is 90.2 cm³/mol. The molecule has 0 saturated carbocycles. The maximum atomic E-state index is 6.25. The number of hydrogen-bond acceptors (Lipinski definition) is 3. The van der Waals surface area contributed by atoms with Gasteiger partial charge in [0.15, 0.2) is 0 Å². The van der Waals surface area contributed by atoms with Crippen LogP contribution in [0.3, 0.4) is 0 Å². The van der Waals surface area contributed by atoms with Crippen molar-refractivity contribution in [3.63, 3.8) is 0 Å². The zero-order valence-corrected chi connectivity index (χ0v) is 15.1. The van der Waals surface area contributed by atoms with E-state index in [2.05, 4.69) is 45.3 Å². The molecule has 1 aromatic rings. The molecule has 1 aliphatic rings. The zero-order chi connectivity index (χ0) is 15.1. The lowest BCUT2D eigenvalue weighted by atomic mass is 9.79. The molecular formula is C15H24Cl2N2S. The van der Waals surface area contributed by atoms with Gasteiger partial charge in [-0.3, -0.25) is 0 Å². The summed E-state index contributed by atoms with van der Waals surface area (Å²) in [5.41, 5.74) is 1.40. The Labute approximate surface area is 136 Å². The summed E-state index contributed by atoms with van der Waals surface area (Å²) in [6.45, 7) is 11.2. The van der Waals surface area contributed by atoms with Gasteiger partial charge >= 0.3 is 0 Å². The van der Waals surface area contributed by atoms with Gasteiger partial charge in [0, 0.05) is 23.2 Å². The molecule has 20 heavy (non-hydrogen) atoms. The number of nitrogens with one attached hydrogen (secondary N) is 2. The second-order valence-electron chi connectivity index (χ2n) is 7.17. The van der Waals surface area contributed by atoms with Crippen LogP contribution < -0.4 is 10.6 Å². The van der Waals surface area contributed by atoms with Crippen molar-refractivity contribution < 1.29 is 0 Å². The van der Waals surface area contributed by atoms with Gasteiger partial charge in [0.1, 0.15) is 0 Å². The highest BCUT2D eigenvalue weighted by atomic mass is 35.5. The molecule has 1 fully saturated rings. The summed E-state index contributed by atoms with van der Waals surface area (Å²) in [5.74, 6) is 0. The number of hydrogen-bond donors (Lipinski definition) is 2. The van der Waals surface area contributed by atoms with Crippen LogP contribution in [0.25, 0.3) is 0 Å². The van der Waals surface area contributed by atoms with E-state index in [1.54, 1.807) is 0 Å². The molecule has 0 aliphatic carbocycles. The molecule has 1 atom stereocenters. The molecule has 0 radical (unpaired) electrons. The summed E-state index contributed by atoms with van der Waals surface area (Å²) >= 11 is 13.7. The number of halogens is 2. The smallest absolute Gasteiger partial charge is 0.0991 e. The summed E-state index contributed by atoms with van der Waals surface area (Å²) in [5, 5.41) is 7.43. The third-order valence-electron chi connectivity index (χ3n) is 3.83. The molecule has 0 aromatic carbocycles. The summed E-state index contributed by atoms with van der Waals surface area (Å²) in [7, 11) is 0. The molecule has 2 nitrogen and oxygen atoms in total. The molecule has 0 bridgehead atoms. The van der Waals surface area contributed by atoms with Crippen molar-refractivity contribution in [1.29, 1.82) is 0 Å². The van der Waals surface area contributed by atoms with Crippen molar-refractivity contribution in [2.24, 2.45) is 0 Å². The van der Waals surface area contributed by atoms with Gasteiger partial charge in [-0.1, -0.05) is 23.2 Å². The topological polar surface area (TPSA) is 24.1 Å². The highest BCUT2D eigenvalue weighted by Crippen LogP contribution is 2.36. The molecule has 1 aromatic heterocycles. The van der Waals surface area contributed by atoms with E-state index in [-0.39, 0.29) is 17.1 Å². The molecule has 1 unspecified atom stereocenters. The summed E-state index contributed by atoms with van der Waals surface area (Å²) < 4.78 is 1.55. The maximum absolute atomic E-state index is 6.25. The minimum absolute atomic E-state index is 0.148. The molecule has 5 heteroatoms. The van der Waals surface area contributed by atoms with Crippen molar-refractivity contribution >= 4 is 34.5 Å². The fourth-order valence-electron chi connectivity index (χ4n) is 3.53. The molecule has 1 saturated heterocycles. The van der Waals surface area contributed by atoms with Crippen molar-refractivity contribution in [1.82, 2.24) is 10.6 Å². The molecule has 0 spiro atoms. The van der Waals surface area contributed by atoms with Crippen molar-refractivity contribution in [3.05, 3.63) is 20.3 Å². The zero-order valence-electron chi connectivity index (χ0n) is 12.8. The number of piperidine rings is 1. The summed E-state index contributed by atoms with van der Waals surface area (Å²) in [4.78, 5) is 0. The van der Waals surface area contributed by atoms with Crippen LogP contribution in [0.15, 0.2) is 6.07 Å². The minimum atomic E-state index is 0.148. The van der Waals surface area contributed by atoms with E-state index in [0.29, 0.717) is 6.04 Å². The lowest BCUT2D eigenvalue weighted by Crippen LogP contribution is -2.61. The van der Waals surface area contributed by atoms with Crippen LogP contribution in [-0.4, -0.2) is 17.1 Å². The van der Waals surface area contributed by atoms with E-state index in [1.165, 1.54) is 11.3 Å². The predicted octanol–water partition coefficient (Wildman–Crippen LogP) is 5.01. The van der Waals surface area contributed by atoms with E-state index in [9.17, 15) is 0 Å². The average Bonchev–Trinajstić information content (AvgIpc) is 2.52. The highest BCUT2D eigenvalue weighted by molar-refractivity contribution is 7.20. The van der Waals surface area contributed by atoms with E-state index in [1.807, 2.05) is 6.07 Å². The fourth-order valence-corrected chi connectivity index (χ4v) is 5.18. The van der Waals surface area contributed by atoms with Gasteiger partial charge in [-0.2, -0.15) is 0 Å². The van der Waals surface area contributed by atoms with Gasteiger partial charge in [0.2, 0.25) is 0 Å². The average molecular weight is 335 g/mol. The molecule has 1 aliphatic heterocycles. The van der Waals surface area contributed by atoms with Crippen LogP contribution in [0.1, 0.15) is 59.1 Å². The van der Waals surface area contributed by atoms with Crippen LogP contribution in [0.5, 0.6) is 0 Å². The van der Waals surface area contributed by atoms with E-state index in [4.69, 9.17) is 23.2 Å². The standard InChI is InChI=1S/C15H24Cl2N2S/c1-9(11-6-12(16)20-13(11)17)18-10-7-14(2,3)19-15(4,5)8-10/h6,9-10,18-19H,7-8H2,1-5H3. The Balaban J connectivity index is 2.07. The Hall–Kier alpha value is 0.200. The van der Waals surface area contributed by atoms with Crippen LogP contribution >= 0.6 is 34.5 Å². The first-order chi connectivity index (χ1) is 9.08. The molecule has 114 valence electrons. The van der Waals surface area contributed by atoms with E-state index in [0.717, 1.165) is 27.1 Å². The van der Waals surface area contributed by atoms with E-state index >= 15 is 0 Å². The second kappa shape index (κ2) is 5.77. The van der Waals surface area contributed by atoms with Crippen LogP contribution in [0.4, 0.5) is 0 Å². The van der Waals surface area contributed by atoms with Crippen molar-refractivity contribution in [2.75, 3.05) is 0 Å². The van der Waals surface area contributed by atoms with Crippen LogP contribution in [0, 0.1) is 0 Å². The fraction of sp³-hybridized carbons (Fsp3) is 0.733. The summed E-state index contributed by atoms with van der Waals surface area (Å²) in [6, 6.07) is 2.68. The SMILES string of the molecule is CC(NC1CC(C)(C)NC(C)(C)C1)c1cc(Cl)sc1Cl.